The van der Waals surface area contributed by atoms with E-state index in [1.807, 2.05) is 43.5 Å². The standard InChI is InChI=1S/C33H31ClN4O5S/c1-5-7-15-43-23-13-10-20(16-24(23)42-6-2)28-26(29(39)27-19(4)37-14-8-9-18(3)31(37)36-27)30(40)32(41)38(28)33-35-22-12-11-21(34)17-25(22)44-33/h8-14,16-17,28,39H,5-7,15H2,1-4H3. The minimum Gasteiger partial charge on any atom is -0.505 e. The Morgan fingerprint density at radius 1 is 1.05 bits per heavy atom. The van der Waals surface area contributed by atoms with Crippen molar-refractivity contribution in [3.8, 4) is 11.5 Å². The first kappa shape index (κ1) is 29.7. The summed E-state index contributed by atoms with van der Waals surface area (Å²) in [6, 6.07) is 13.4. The van der Waals surface area contributed by atoms with E-state index in [0.717, 1.165) is 23.1 Å². The lowest BCUT2D eigenvalue weighted by atomic mass is 9.96. The van der Waals surface area contributed by atoms with Crippen molar-refractivity contribution < 1.29 is 24.2 Å². The summed E-state index contributed by atoms with van der Waals surface area (Å²) in [6.45, 7) is 8.59. The molecule has 0 aliphatic carbocycles. The van der Waals surface area contributed by atoms with Crippen molar-refractivity contribution in [1.82, 2.24) is 14.4 Å². The highest BCUT2D eigenvalue weighted by atomic mass is 35.5. The molecule has 9 nitrogen and oxygen atoms in total. The van der Waals surface area contributed by atoms with Gasteiger partial charge < -0.3 is 19.0 Å². The number of ether oxygens (including phenoxy) is 2. The van der Waals surface area contributed by atoms with Gasteiger partial charge in [-0.3, -0.25) is 14.5 Å². The predicted molar refractivity (Wildman–Crippen MR) is 172 cm³/mol. The van der Waals surface area contributed by atoms with E-state index in [0.29, 0.717) is 57.3 Å². The van der Waals surface area contributed by atoms with Gasteiger partial charge >= 0.3 is 5.91 Å². The number of carbonyl (C=O) groups is 2. The molecule has 0 bridgehead atoms. The molecule has 44 heavy (non-hydrogen) atoms. The molecule has 0 saturated carbocycles. The highest BCUT2D eigenvalue weighted by Crippen LogP contribution is 2.46. The number of fused-ring (bicyclic) bond motifs is 2. The number of hydrogen-bond donors (Lipinski definition) is 1. The van der Waals surface area contributed by atoms with Crippen LogP contribution in [0.25, 0.3) is 21.6 Å². The normalized spacial score (nSPS) is 16.4. The number of aromatic nitrogens is 3. The molecule has 1 aliphatic heterocycles. The number of anilines is 1. The Bertz CT molecular complexity index is 1960. The van der Waals surface area contributed by atoms with Crippen LogP contribution in [0.2, 0.25) is 5.02 Å². The number of aliphatic hydroxyl groups excluding tert-OH is 1. The number of rotatable bonds is 9. The van der Waals surface area contributed by atoms with Gasteiger partial charge in [0.2, 0.25) is 0 Å². The second-order valence-electron chi connectivity index (χ2n) is 10.5. The van der Waals surface area contributed by atoms with Gasteiger partial charge in [0.05, 0.1) is 40.7 Å². The molecule has 0 spiro atoms. The van der Waals surface area contributed by atoms with Crippen molar-refractivity contribution in [2.75, 3.05) is 18.1 Å². The molecule has 1 atom stereocenters. The Morgan fingerprint density at radius 3 is 2.61 bits per heavy atom. The molecule has 1 saturated heterocycles. The molecular weight excluding hydrogens is 600 g/mol. The van der Waals surface area contributed by atoms with Crippen LogP contribution in [0.4, 0.5) is 5.13 Å². The summed E-state index contributed by atoms with van der Waals surface area (Å²) < 4.78 is 14.5. The van der Waals surface area contributed by atoms with Gasteiger partial charge in [-0.15, -0.1) is 0 Å². The topological polar surface area (TPSA) is 106 Å². The zero-order valence-corrected chi connectivity index (χ0v) is 26.3. The van der Waals surface area contributed by atoms with Crippen molar-refractivity contribution in [3.63, 3.8) is 0 Å². The monoisotopic (exact) mass is 630 g/mol. The summed E-state index contributed by atoms with van der Waals surface area (Å²) in [5.74, 6) is -0.967. The summed E-state index contributed by atoms with van der Waals surface area (Å²) in [5.41, 5.74) is 3.51. The summed E-state index contributed by atoms with van der Waals surface area (Å²) in [5, 5.41) is 12.7. The Balaban J connectivity index is 1.56. The maximum atomic E-state index is 13.9. The fourth-order valence-electron chi connectivity index (χ4n) is 5.42. The largest absolute Gasteiger partial charge is 0.505 e. The summed E-state index contributed by atoms with van der Waals surface area (Å²) in [6.07, 6.45) is 3.70. The van der Waals surface area contributed by atoms with E-state index in [9.17, 15) is 14.7 Å². The number of imidazole rings is 1. The molecular formula is C33H31ClN4O5S. The summed E-state index contributed by atoms with van der Waals surface area (Å²) in [7, 11) is 0. The lowest BCUT2D eigenvalue weighted by molar-refractivity contribution is -0.132. The first-order chi connectivity index (χ1) is 21.2. The molecule has 1 unspecified atom stereocenters. The maximum absolute atomic E-state index is 13.9. The van der Waals surface area contributed by atoms with Crippen LogP contribution in [0.5, 0.6) is 11.5 Å². The number of halogens is 1. The molecule has 1 amide bonds. The Labute approximate surface area is 263 Å². The second kappa shape index (κ2) is 11.9. The zero-order valence-electron chi connectivity index (χ0n) is 24.8. The minimum atomic E-state index is -1.01. The number of nitrogens with zero attached hydrogens (tertiary/aromatic N) is 4. The first-order valence-corrected chi connectivity index (χ1v) is 15.6. The predicted octanol–water partition coefficient (Wildman–Crippen LogP) is 7.42. The highest BCUT2D eigenvalue weighted by Gasteiger charge is 2.49. The van der Waals surface area contributed by atoms with Crippen LogP contribution >= 0.6 is 22.9 Å². The molecule has 5 aromatic rings. The fraction of sp³-hybridized carbons (Fsp3) is 0.273. The van der Waals surface area contributed by atoms with Gasteiger partial charge in [0.15, 0.2) is 22.4 Å². The van der Waals surface area contributed by atoms with Gasteiger partial charge in [-0.1, -0.05) is 48.4 Å². The average molecular weight is 631 g/mol. The summed E-state index contributed by atoms with van der Waals surface area (Å²) >= 11 is 7.47. The van der Waals surface area contributed by atoms with Crippen molar-refractivity contribution in [2.24, 2.45) is 0 Å². The van der Waals surface area contributed by atoms with Crippen molar-refractivity contribution >= 4 is 61.4 Å². The van der Waals surface area contributed by atoms with E-state index in [-0.39, 0.29) is 17.0 Å². The number of pyridine rings is 1. The number of aryl methyl sites for hydroxylation is 2. The molecule has 1 aliphatic rings. The second-order valence-corrected chi connectivity index (χ2v) is 12.0. The van der Waals surface area contributed by atoms with Gasteiger partial charge in [0.25, 0.3) is 5.78 Å². The SMILES string of the molecule is CCCCOc1ccc(C2C(=C(O)c3nc4c(C)cccn4c3C)C(=O)C(=O)N2c2nc3ccc(Cl)cc3s2)cc1OCC. The number of ketones is 1. The van der Waals surface area contributed by atoms with Crippen LogP contribution in [0.3, 0.4) is 0 Å². The third-order valence-electron chi connectivity index (χ3n) is 7.64. The van der Waals surface area contributed by atoms with Crippen LogP contribution in [0.1, 0.15) is 55.2 Å². The number of unbranched alkanes of at least 4 members (excludes halogenated alkanes) is 1. The van der Waals surface area contributed by atoms with E-state index in [1.165, 1.54) is 16.2 Å². The summed E-state index contributed by atoms with van der Waals surface area (Å²) in [4.78, 5) is 38.4. The van der Waals surface area contributed by atoms with Crippen LogP contribution in [0, 0.1) is 13.8 Å². The molecule has 0 radical (unpaired) electrons. The Hall–Kier alpha value is -4.41. The van der Waals surface area contributed by atoms with E-state index in [2.05, 4.69) is 16.9 Å². The van der Waals surface area contributed by atoms with Gasteiger partial charge in [-0.25, -0.2) is 9.97 Å². The zero-order chi connectivity index (χ0) is 31.1. The Morgan fingerprint density at radius 2 is 1.86 bits per heavy atom. The van der Waals surface area contributed by atoms with Gasteiger partial charge in [0, 0.05) is 11.2 Å². The number of carbonyl (C=O) groups excluding carboxylic acids is 2. The third kappa shape index (κ3) is 5.07. The molecule has 226 valence electrons. The lowest BCUT2D eigenvalue weighted by Gasteiger charge is -2.24. The molecule has 1 fully saturated rings. The van der Waals surface area contributed by atoms with Crippen molar-refractivity contribution in [1.29, 1.82) is 0 Å². The maximum Gasteiger partial charge on any atom is 0.301 e. The number of hydrogen-bond acceptors (Lipinski definition) is 8. The number of Topliss-reactive ketones (excluding diaryl/α,β-unsaturated/α-hetero) is 1. The van der Waals surface area contributed by atoms with Gasteiger partial charge in [0.1, 0.15) is 11.3 Å². The number of aliphatic hydroxyl groups is 1. The van der Waals surface area contributed by atoms with E-state index >= 15 is 0 Å². The van der Waals surface area contributed by atoms with E-state index in [4.69, 9.17) is 21.1 Å². The lowest BCUT2D eigenvalue weighted by Crippen LogP contribution is -2.29. The smallest absolute Gasteiger partial charge is 0.301 e. The van der Waals surface area contributed by atoms with E-state index < -0.39 is 17.7 Å². The molecule has 6 rings (SSSR count). The number of amides is 1. The van der Waals surface area contributed by atoms with Crippen LogP contribution in [-0.4, -0.2) is 44.4 Å². The quantitative estimate of drug-likeness (QED) is 0.0782. The van der Waals surface area contributed by atoms with Crippen LogP contribution in [0.15, 0.2) is 60.3 Å². The molecule has 4 heterocycles. The third-order valence-corrected chi connectivity index (χ3v) is 8.89. The molecule has 1 N–H and O–H groups in total. The average Bonchev–Trinajstić information content (AvgIpc) is 3.65. The Kier molecular flexibility index (Phi) is 8.04. The molecule has 3 aromatic heterocycles. The number of thiazole rings is 1. The van der Waals surface area contributed by atoms with Crippen molar-refractivity contribution in [2.45, 2.75) is 46.6 Å². The van der Waals surface area contributed by atoms with Crippen molar-refractivity contribution in [3.05, 3.63) is 87.8 Å². The van der Waals surface area contributed by atoms with Crippen LogP contribution < -0.4 is 14.4 Å². The molecule has 11 heteroatoms. The minimum absolute atomic E-state index is 0.0847. The van der Waals surface area contributed by atoms with Crippen LogP contribution in [-0.2, 0) is 9.59 Å². The fourth-order valence-corrected chi connectivity index (χ4v) is 6.69. The van der Waals surface area contributed by atoms with Gasteiger partial charge in [-0.05, 0) is 74.7 Å². The molecule has 2 aromatic carbocycles. The van der Waals surface area contributed by atoms with E-state index in [1.54, 1.807) is 36.4 Å². The highest BCUT2D eigenvalue weighted by molar-refractivity contribution is 7.22. The van der Waals surface area contributed by atoms with Gasteiger partial charge in [-0.2, -0.15) is 0 Å². The number of benzene rings is 2. The first-order valence-electron chi connectivity index (χ1n) is 14.4.